The number of fused-ring (bicyclic) bond motifs is 3. The number of anilines is 2. The van der Waals surface area contributed by atoms with Crippen LogP contribution in [-0.2, 0) is 21.7 Å². The smallest absolute Gasteiger partial charge is 0.137 e. The molecule has 318 valence electrons. The number of nitrogens with zero attached hydrogens (tertiary/aromatic N) is 4. The maximum absolute atomic E-state index is 6.89. The molecule has 2 aromatic heterocycles. The third kappa shape index (κ3) is 8.02. The number of aromatic nitrogens is 2. The number of para-hydroxylation sites is 1. The van der Waals surface area contributed by atoms with Gasteiger partial charge in [-0.15, -0.1) is 0 Å². The largest absolute Gasteiger partial charge is 0.457 e. The molecule has 6 aromatic carbocycles. The maximum atomic E-state index is 6.89. The molecule has 0 saturated carbocycles. The summed E-state index contributed by atoms with van der Waals surface area (Å²) in [6.45, 7) is 23.5. The summed E-state index contributed by atoms with van der Waals surface area (Å²) in [7, 11) is 0. The Labute approximate surface area is 374 Å². The van der Waals surface area contributed by atoms with E-state index in [0.29, 0.717) is 6.67 Å². The van der Waals surface area contributed by atoms with Gasteiger partial charge in [0.1, 0.15) is 17.3 Å². The first-order valence-corrected chi connectivity index (χ1v) is 22.3. The van der Waals surface area contributed by atoms with Crippen LogP contribution in [0.4, 0.5) is 11.4 Å². The van der Waals surface area contributed by atoms with Crippen molar-refractivity contribution < 1.29 is 4.74 Å². The van der Waals surface area contributed by atoms with Crippen molar-refractivity contribution in [2.24, 2.45) is 0 Å². The van der Waals surface area contributed by atoms with E-state index in [2.05, 4.69) is 248 Å². The van der Waals surface area contributed by atoms with Crippen LogP contribution in [0.2, 0.25) is 0 Å². The van der Waals surface area contributed by atoms with Gasteiger partial charge in [-0.2, -0.15) is 0 Å². The standard InChI is InChI=1S/C58H60N4O/c1-55(2,3)42-27-28-59-54(36-42)62-52-24-18-17-23-50(52)51-26-25-48(38-53(51)62)63-49-35-43(56(4,5)6)32-47(37-49)61-30-29-60(39-61)46-33-44(57(7,8)40-19-13-11-14-20-40)31-45(34-46)58(9,10)41-21-15-12-16-22-41/h11-38H,39H2,1-10H3. The summed E-state index contributed by atoms with van der Waals surface area (Å²) >= 11 is 0. The molecule has 1 aliphatic heterocycles. The normalized spacial score (nSPS) is 13.7. The Hall–Kier alpha value is -6.59. The summed E-state index contributed by atoms with van der Waals surface area (Å²) in [4.78, 5) is 9.60. The van der Waals surface area contributed by atoms with Crippen molar-refractivity contribution in [1.29, 1.82) is 0 Å². The second-order valence-electron chi connectivity index (χ2n) is 20.4. The fraction of sp³-hybridized carbons (Fsp3) is 0.259. The van der Waals surface area contributed by atoms with Gasteiger partial charge >= 0.3 is 0 Å². The number of hydrogen-bond donors (Lipinski definition) is 0. The Balaban J connectivity index is 1.07. The van der Waals surface area contributed by atoms with Gasteiger partial charge in [0, 0.05) is 63.7 Å². The van der Waals surface area contributed by atoms with Gasteiger partial charge in [0.15, 0.2) is 0 Å². The zero-order valence-corrected chi connectivity index (χ0v) is 38.6. The van der Waals surface area contributed by atoms with E-state index in [9.17, 15) is 0 Å². The Bertz CT molecular complexity index is 2910. The summed E-state index contributed by atoms with van der Waals surface area (Å²) in [5.41, 5.74) is 11.5. The summed E-state index contributed by atoms with van der Waals surface area (Å²) in [6.07, 6.45) is 6.34. The lowest BCUT2D eigenvalue weighted by Crippen LogP contribution is -2.27. The van der Waals surface area contributed by atoms with Crippen molar-refractivity contribution >= 4 is 33.2 Å². The lowest BCUT2D eigenvalue weighted by molar-refractivity contribution is 0.479. The molecular weight excluding hydrogens is 769 g/mol. The highest BCUT2D eigenvalue weighted by Crippen LogP contribution is 2.42. The van der Waals surface area contributed by atoms with E-state index in [1.807, 2.05) is 6.20 Å². The first kappa shape index (κ1) is 41.7. The van der Waals surface area contributed by atoms with Crippen LogP contribution in [0, 0.1) is 0 Å². The van der Waals surface area contributed by atoms with E-state index in [1.54, 1.807) is 0 Å². The monoisotopic (exact) mass is 828 g/mol. The Morgan fingerprint density at radius 3 is 1.57 bits per heavy atom. The average molecular weight is 829 g/mol. The molecule has 0 amide bonds. The summed E-state index contributed by atoms with van der Waals surface area (Å²) < 4.78 is 9.16. The van der Waals surface area contributed by atoms with Crippen LogP contribution >= 0.6 is 0 Å². The molecule has 8 aromatic rings. The van der Waals surface area contributed by atoms with E-state index in [-0.39, 0.29) is 21.7 Å². The number of hydrogen-bond acceptors (Lipinski definition) is 4. The SMILES string of the molecule is CC(C)(C)c1cc(Oc2ccc3c4ccccc4n(-c4cc(C(C)(C)C)ccn4)c3c2)cc(N2C=CN(c3cc(C(C)(C)c4ccccc4)cc(C(C)(C)c4ccccc4)c3)C2)c1. The van der Waals surface area contributed by atoms with E-state index in [1.165, 1.54) is 49.8 Å². The molecule has 63 heavy (non-hydrogen) atoms. The second kappa shape index (κ2) is 15.6. The zero-order chi connectivity index (χ0) is 44.3. The highest BCUT2D eigenvalue weighted by Gasteiger charge is 2.31. The van der Waals surface area contributed by atoms with E-state index in [0.717, 1.165) is 34.0 Å². The van der Waals surface area contributed by atoms with E-state index in [4.69, 9.17) is 9.72 Å². The molecule has 0 radical (unpaired) electrons. The maximum Gasteiger partial charge on any atom is 0.137 e. The number of benzene rings is 6. The molecule has 0 bridgehead atoms. The predicted molar refractivity (Wildman–Crippen MR) is 265 cm³/mol. The van der Waals surface area contributed by atoms with Gasteiger partial charge in [-0.1, -0.05) is 154 Å². The Morgan fingerprint density at radius 2 is 0.968 bits per heavy atom. The van der Waals surface area contributed by atoms with Crippen LogP contribution in [0.1, 0.15) is 103 Å². The van der Waals surface area contributed by atoms with Crippen LogP contribution in [0.15, 0.2) is 170 Å². The van der Waals surface area contributed by atoms with Gasteiger partial charge in [-0.3, -0.25) is 4.57 Å². The average Bonchev–Trinajstić information content (AvgIpc) is 3.90. The minimum absolute atomic E-state index is 0.00634. The summed E-state index contributed by atoms with van der Waals surface area (Å²) in [5, 5.41) is 2.35. The molecule has 5 heteroatoms. The molecule has 3 heterocycles. The predicted octanol–water partition coefficient (Wildman–Crippen LogP) is 15.0. The molecular formula is C58H60N4O. The molecule has 0 atom stereocenters. The van der Waals surface area contributed by atoms with Crippen molar-refractivity contribution in [2.45, 2.75) is 90.9 Å². The highest BCUT2D eigenvalue weighted by atomic mass is 16.5. The van der Waals surface area contributed by atoms with Gasteiger partial charge in [0.25, 0.3) is 0 Å². The molecule has 0 aliphatic carbocycles. The van der Waals surface area contributed by atoms with Gasteiger partial charge in [0.05, 0.1) is 17.7 Å². The van der Waals surface area contributed by atoms with Crippen molar-refractivity contribution in [3.63, 3.8) is 0 Å². The lowest BCUT2D eigenvalue weighted by atomic mass is 9.73. The third-order valence-corrected chi connectivity index (χ3v) is 13.2. The van der Waals surface area contributed by atoms with Crippen LogP contribution in [0.25, 0.3) is 27.6 Å². The van der Waals surface area contributed by atoms with Crippen molar-refractivity contribution in [1.82, 2.24) is 9.55 Å². The summed E-state index contributed by atoms with van der Waals surface area (Å²) in [6, 6.07) is 55.0. The number of rotatable bonds is 9. The zero-order valence-electron chi connectivity index (χ0n) is 38.6. The van der Waals surface area contributed by atoms with E-state index < -0.39 is 0 Å². The molecule has 0 saturated heterocycles. The molecule has 9 rings (SSSR count). The quantitative estimate of drug-likeness (QED) is 0.145. The van der Waals surface area contributed by atoms with Gasteiger partial charge < -0.3 is 14.5 Å². The second-order valence-corrected chi connectivity index (χ2v) is 20.4. The summed E-state index contributed by atoms with van der Waals surface area (Å²) in [5.74, 6) is 2.48. The van der Waals surface area contributed by atoms with Crippen LogP contribution in [0.3, 0.4) is 0 Å². The highest BCUT2D eigenvalue weighted by molar-refractivity contribution is 6.09. The number of pyridine rings is 1. The molecule has 0 spiro atoms. The topological polar surface area (TPSA) is 33.5 Å². The van der Waals surface area contributed by atoms with Gasteiger partial charge in [-0.25, -0.2) is 4.98 Å². The number of ether oxygens (including phenoxy) is 1. The molecule has 0 fully saturated rings. The van der Waals surface area contributed by atoms with Crippen LogP contribution in [0.5, 0.6) is 11.5 Å². The fourth-order valence-electron chi connectivity index (χ4n) is 8.94. The third-order valence-electron chi connectivity index (χ3n) is 13.2. The van der Waals surface area contributed by atoms with Crippen molar-refractivity contribution in [2.75, 3.05) is 16.5 Å². The molecule has 0 N–H and O–H groups in total. The lowest BCUT2D eigenvalue weighted by Gasteiger charge is -2.33. The Morgan fingerprint density at radius 1 is 0.429 bits per heavy atom. The first-order valence-electron chi connectivity index (χ1n) is 22.3. The van der Waals surface area contributed by atoms with Crippen LogP contribution in [-0.4, -0.2) is 16.2 Å². The minimum Gasteiger partial charge on any atom is -0.457 e. The molecule has 0 unspecified atom stereocenters. The van der Waals surface area contributed by atoms with E-state index >= 15 is 0 Å². The van der Waals surface area contributed by atoms with Gasteiger partial charge in [-0.05, 0) is 98.8 Å². The Kier molecular flexibility index (Phi) is 10.4. The minimum atomic E-state index is -0.209. The van der Waals surface area contributed by atoms with Crippen molar-refractivity contribution in [3.8, 4) is 17.3 Å². The molecule has 1 aliphatic rings. The fourth-order valence-corrected chi connectivity index (χ4v) is 8.94. The first-order chi connectivity index (χ1) is 30.0. The molecule has 5 nitrogen and oxygen atoms in total. The van der Waals surface area contributed by atoms with Crippen LogP contribution < -0.4 is 14.5 Å². The van der Waals surface area contributed by atoms with Crippen molar-refractivity contribution in [3.05, 3.63) is 204 Å². The van der Waals surface area contributed by atoms with Gasteiger partial charge in [0.2, 0.25) is 0 Å².